The maximum atomic E-state index is 11.6. The molecule has 0 saturated heterocycles. The second kappa shape index (κ2) is 4.40. The lowest BCUT2D eigenvalue weighted by Crippen LogP contribution is -2.18. The standard InChI is InChI=1S/C13H18O3/c1-3-16-13(15)11-7-10(11)9-5-4-8(2)12(14)6-9/h4,9-11H,3,5-7H2,1-2H3/t9-,10?,11+/m1/s1. The van der Waals surface area contributed by atoms with Gasteiger partial charge in [-0.15, -0.1) is 0 Å². The highest BCUT2D eigenvalue weighted by atomic mass is 16.5. The molecule has 16 heavy (non-hydrogen) atoms. The lowest BCUT2D eigenvalue weighted by Gasteiger charge is -2.19. The molecule has 3 heteroatoms. The van der Waals surface area contributed by atoms with Crippen LogP contribution in [0.2, 0.25) is 0 Å². The Morgan fingerprint density at radius 1 is 1.56 bits per heavy atom. The third-order valence-electron chi connectivity index (χ3n) is 3.65. The number of allylic oxidation sites excluding steroid dienone is 2. The summed E-state index contributed by atoms with van der Waals surface area (Å²) < 4.78 is 5.00. The second-order valence-electron chi connectivity index (χ2n) is 4.77. The van der Waals surface area contributed by atoms with Crippen LogP contribution in [0, 0.1) is 17.8 Å². The van der Waals surface area contributed by atoms with Crippen molar-refractivity contribution in [3.8, 4) is 0 Å². The van der Waals surface area contributed by atoms with Gasteiger partial charge >= 0.3 is 5.97 Å². The molecule has 3 atom stereocenters. The SMILES string of the molecule is CCOC(=O)[C@H]1CC1[C@@H]1CC=C(C)C(=O)C1. The van der Waals surface area contributed by atoms with E-state index in [-0.39, 0.29) is 17.7 Å². The molecule has 0 aliphatic heterocycles. The van der Waals surface area contributed by atoms with Crippen LogP contribution < -0.4 is 0 Å². The summed E-state index contributed by atoms with van der Waals surface area (Å²) in [4.78, 5) is 23.0. The minimum absolute atomic E-state index is 0.0598. The van der Waals surface area contributed by atoms with Crippen molar-refractivity contribution in [2.75, 3.05) is 6.61 Å². The monoisotopic (exact) mass is 222 g/mol. The van der Waals surface area contributed by atoms with Crippen LogP contribution in [0.1, 0.15) is 33.1 Å². The summed E-state index contributed by atoms with van der Waals surface area (Å²) in [5, 5.41) is 0. The molecule has 88 valence electrons. The molecular formula is C13H18O3. The van der Waals surface area contributed by atoms with E-state index < -0.39 is 0 Å². The molecule has 0 aromatic rings. The third-order valence-corrected chi connectivity index (χ3v) is 3.65. The van der Waals surface area contributed by atoms with Crippen molar-refractivity contribution in [2.24, 2.45) is 17.8 Å². The topological polar surface area (TPSA) is 43.4 Å². The van der Waals surface area contributed by atoms with Crippen molar-refractivity contribution in [3.05, 3.63) is 11.6 Å². The van der Waals surface area contributed by atoms with Crippen LogP contribution in [0.3, 0.4) is 0 Å². The summed E-state index contributed by atoms with van der Waals surface area (Å²) in [5.41, 5.74) is 0.879. The van der Waals surface area contributed by atoms with Crippen LogP contribution in [-0.2, 0) is 14.3 Å². The summed E-state index contributed by atoms with van der Waals surface area (Å²) in [6.07, 6.45) is 4.47. The summed E-state index contributed by atoms with van der Waals surface area (Å²) in [5.74, 6) is 0.972. The third kappa shape index (κ3) is 2.18. The molecule has 0 amide bonds. The summed E-state index contributed by atoms with van der Waals surface area (Å²) in [7, 11) is 0. The van der Waals surface area contributed by atoms with E-state index in [9.17, 15) is 9.59 Å². The zero-order valence-electron chi connectivity index (χ0n) is 9.86. The number of esters is 1. The van der Waals surface area contributed by atoms with Crippen molar-refractivity contribution in [3.63, 3.8) is 0 Å². The van der Waals surface area contributed by atoms with Gasteiger partial charge in [0.05, 0.1) is 12.5 Å². The van der Waals surface area contributed by atoms with Crippen LogP contribution in [0.4, 0.5) is 0 Å². The minimum atomic E-state index is -0.0776. The van der Waals surface area contributed by atoms with Gasteiger partial charge in [0.1, 0.15) is 0 Å². The van der Waals surface area contributed by atoms with Crippen LogP contribution in [0.25, 0.3) is 0 Å². The number of hydrogen-bond acceptors (Lipinski definition) is 3. The van der Waals surface area contributed by atoms with Crippen LogP contribution in [0.15, 0.2) is 11.6 Å². The molecule has 3 nitrogen and oxygen atoms in total. The van der Waals surface area contributed by atoms with E-state index in [1.165, 1.54) is 0 Å². The van der Waals surface area contributed by atoms with Gasteiger partial charge < -0.3 is 4.74 Å². The van der Waals surface area contributed by atoms with Crippen molar-refractivity contribution in [1.29, 1.82) is 0 Å². The smallest absolute Gasteiger partial charge is 0.309 e. The van der Waals surface area contributed by atoms with Crippen LogP contribution in [0.5, 0.6) is 0 Å². The van der Waals surface area contributed by atoms with Crippen LogP contribution in [-0.4, -0.2) is 18.4 Å². The average molecular weight is 222 g/mol. The van der Waals surface area contributed by atoms with Crippen molar-refractivity contribution >= 4 is 11.8 Å². The molecule has 1 unspecified atom stereocenters. The maximum Gasteiger partial charge on any atom is 0.309 e. The molecule has 0 radical (unpaired) electrons. The van der Waals surface area contributed by atoms with E-state index in [4.69, 9.17) is 4.74 Å². The van der Waals surface area contributed by atoms with Gasteiger partial charge in [0, 0.05) is 6.42 Å². The first kappa shape index (κ1) is 11.4. The Morgan fingerprint density at radius 3 is 2.94 bits per heavy atom. The molecule has 2 rings (SSSR count). The van der Waals surface area contributed by atoms with E-state index in [2.05, 4.69) is 0 Å². The minimum Gasteiger partial charge on any atom is -0.466 e. The van der Waals surface area contributed by atoms with Gasteiger partial charge in [-0.25, -0.2) is 0 Å². The predicted octanol–water partition coefficient (Wildman–Crippen LogP) is 2.11. The Morgan fingerprint density at radius 2 is 2.31 bits per heavy atom. The highest BCUT2D eigenvalue weighted by Crippen LogP contribution is 2.49. The highest BCUT2D eigenvalue weighted by Gasteiger charge is 2.49. The Labute approximate surface area is 95.9 Å². The van der Waals surface area contributed by atoms with Gasteiger partial charge in [-0.05, 0) is 44.1 Å². The first-order valence-corrected chi connectivity index (χ1v) is 6.00. The summed E-state index contributed by atoms with van der Waals surface area (Å²) >= 11 is 0. The molecule has 1 fully saturated rings. The first-order valence-electron chi connectivity index (χ1n) is 6.00. The molecular weight excluding hydrogens is 204 g/mol. The zero-order valence-corrected chi connectivity index (χ0v) is 9.86. The fourth-order valence-electron chi connectivity index (χ4n) is 2.51. The van der Waals surface area contributed by atoms with E-state index >= 15 is 0 Å². The molecule has 0 spiro atoms. The van der Waals surface area contributed by atoms with Gasteiger partial charge in [-0.2, -0.15) is 0 Å². The van der Waals surface area contributed by atoms with Crippen LogP contribution >= 0.6 is 0 Å². The summed E-state index contributed by atoms with van der Waals surface area (Å²) in [6.45, 7) is 4.14. The predicted molar refractivity (Wildman–Crippen MR) is 59.7 cm³/mol. The molecule has 0 N–H and O–H groups in total. The van der Waals surface area contributed by atoms with Gasteiger partial charge in [0.15, 0.2) is 5.78 Å². The Balaban J connectivity index is 1.89. The fourth-order valence-corrected chi connectivity index (χ4v) is 2.51. The van der Waals surface area contributed by atoms with E-state index in [0.717, 1.165) is 18.4 Å². The van der Waals surface area contributed by atoms with Gasteiger partial charge in [0.2, 0.25) is 0 Å². The molecule has 1 saturated carbocycles. The molecule has 0 bridgehead atoms. The normalized spacial score (nSPS) is 33.2. The first-order chi connectivity index (χ1) is 7.63. The Hall–Kier alpha value is -1.12. The largest absolute Gasteiger partial charge is 0.466 e. The lowest BCUT2D eigenvalue weighted by atomic mass is 9.85. The van der Waals surface area contributed by atoms with Crippen molar-refractivity contribution < 1.29 is 14.3 Å². The highest BCUT2D eigenvalue weighted by molar-refractivity contribution is 5.95. The number of ether oxygens (including phenoxy) is 1. The zero-order chi connectivity index (χ0) is 11.7. The average Bonchev–Trinajstić information content (AvgIpc) is 3.02. The number of rotatable bonds is 3. The van der Waals surface area contributed by atoms with E-state index in [1.807, 2.05) is 19.9 Å². The molecule has 2 aliphatic rings. The Bertz CT molecular complexity index is 343. The number of ketones is 1. The lowest BCUT2D eigenvalue weighted by molar-refractivity contribution is -0.145. The number of carbonyl (C=O) groups excluding carboxylic acids is 2. The number of hydrogen-bond donors (Lipinski definition) is 0. The maximum absolute atomic E-state index is 11.6. The van der Waals surface area contributed by atoms with Gasteiger partial charge in [-0.1, -0.05) is 6.08 Å². The number of Topliss-reactive ketones (excluding diaryl/α,β-unsaturated/α-hetero) is 1. The second-order valence-corrected chi connectivity index (χ2v) is 4.77. The summed E-state index contributed by atoms with van der Waals surface area (Å²) in [6, 6.07) is 0. The fraction of sp³-hybridized carbons (Fsp3) is 0.692. The van der Waals surface area contributed by atoms with Gasteiger partial charge in [-0.3, -0.25) is 9.59 Å². The molecule has 0 aromatic carbocycles. The van der Waals surface area contributed by atoms with E-state index in [0.29, 0.717) is 24.9 Å². The number of carbonyl (C=O) groups is 2. The van der Waals surface area contributed by atoms with Crippen molar-refractivity contribution in [1.82, 2.24) is 0 Å². The quantitative estimate of drug-likeness (QED) is 0.687. The molecule has 2 aliphatic carbocycles. The Kier molecular flexibility index (Phi) is 3.13. The molecule has 0 heterocycles. The molecule has 0 aromatic heterocycles. The van der Waals surface area contributed by atoms with Crippen molar-refractivity contribution in [2.45, 2.75) is 33.1 Å². The van der Waals surface area contributed by atoms with Gasteiger partial charge in [0.25, 0.3) is 0 Å². The van der Waals surface area contributed by atoms with E-state index in [1.54, 1.807) is 0 Å².